The van der Waals surface area contributed by atoms with Crippen LogP contribution in [0.1, 0.15) is 36.1 Å². The van der Waals surface area contributed by atoms with Crippen molar-refractivity contribution in [3.05, 3.63) is 53.1 Å². The normalized spacial score (nSPS) is 15.3. The van der Waals surface area contributed by atoms with Crippen molar-refractivity contribution in [2.75, 3.05) is 12.1 Å². The summed E-state index contributed by atoms with van der Waals surface area (Å²) in [5.41, 5.74) is 4.07. The maximum absolute atomic E-state index is 12.2. The second kappa shape index (κ2) is 6.71. The number of anilines is 1. The molecule has 1 unspecified atom stereocenters. The summed E-state index contributed by atoms with van der Waals surface area (Å²) < 4.78 is 10.6. The molecule has 0 saturated heterocycles. The number of nitrogens with one attached hydrogen (secondary N) is 2. The fourth-order valence-corrected chi connectivity index (χ4v) is 3.37. The summed E-state index contributed by atoms with van der Waals surface area (Å²) >= 11 is 0. The maximum atomic E-state index is 12.2. The van der Waals surface area contributed by atoms with Gasteiger partial charge in [0.2, 0.25) is 6.79 Å². The van der Waals surface area contributed by atoms with Crippen molar-refractivity contribution >= 4 is 17.5 Å². The van der Waals surface area contributed by atoms with E-state index in [0.29, 0.717) is 17.2 Å². The summed E-state index contributed by atoms with van der Waals surface area (Å²) in [4.78, 5) is 24.4. The van der Waals surface area contributed by atoms with Crippen LogP contribution in [0.15, 0.2) is 36.4 Å². The van der Waals surface area contributed by atoms with Crippen molar-refractivity contribution in [1.29, 1.82) is 0 Å². The van der Waals surface area contributed by atoms with Crippen LogP contribution in [-0.4, -0.2) is 18.6 Å². The molecule has 1 heterocycles. The third-order valence-electron chi connectivity index (χ3n) is 4.81. The van der Waals surface area contributed by atoms with Gasteiger partial charge in [0, 0.05) is 5.69 Å². The summed E-state index contributed by atoms with van der Waals surface area (Å²) in [6, 6.07) is 10.9. The molecule has 2 aromatic rings. The Labute approximate surface area is 151 Å². The van der Waals surface area contributed by atoms with Gasteiger partial charge in [-0.2, -0.15) is 0 Å². The Balaban J connectivity index is 1.38. The number of hydrogen-bond donors (Lipinski definition) is 2. The molecule has 4 rings (SSSR count). The largest absolute Gasteiger partial charge is 0.454 e. The van der Waals surface area contributed by atoms with E-state index in [1.165, 1.54) is 11.1 Å². The first-order chi connectivity index (χ1) is 12.6. The average molecular weight is 352 g/mol. The van der Waals surface area contributed by atoms with Crippen molar-refractivity contribution in [3.63, 3.8) is 0 Å². The molecule has 2 aliphatic rings. The van der Waals surface area contributed by atoms with Gasteiger partial charge in [0.05, 0.1) is 6.04 Å². The van der Waals surface area contributed by atoms with Crippen LogP contribution in [0.4, 0.5) is 5.69 Å². The molecule has 1 aliphatic carbocycles. The van der Waals surface area contributed by atoms with Crippen LogP contribution in [0.25, 0.3) is 0 Å². The van der Waals surface area contributed by atoms with E-state index < -0.39 is 11.8 Å². The Morgan fingerprint density at radius 2 is 1.77 bits per heavy atom. The number of aryl methyl sites for hydroxylation is 2. The van der Waals surface area contributed by atoms with Gasteiger partial charge in [-0.25, -0.2) is 0 Å². The lowest BCUT2D eigenvalue weighted by Gasteiger charge is -2.15. The Hall–Kier alpha value is -3.02. The molecule has 1 aliphatic heterocycles. The maximum Gasteiger partial charge on any atom is 0.313 e. The number of hydrogen-bond acceptors (Lipinski definition) is 4. The minimum Gasteiger partial charge on any atom is -0.454 e. The first-order valence-electron chi connectivity index (χ1n) is 8.73. The number of rotatable bonds is 3. The molecule has 6 heteroatoms. The van der Waals surface area contributed by atoms with E-state index in [1.807, 2.05) is 37.3 Å². The Morgan fingerprint density at radius 1 is 0.962 bits per heavy atom. The second-order valence-corrected chi connectivity index (χ2v) is 6.60. The highest BCUT2D eigenvalue weighted by Gasteiger charge is 2.20. The quantitative estimate of drug-likeness (QED) is 0.833. The number of ether oxygens (including phenoxy) is 2. The van der Waals surface area contributed by atoms with Crippen molar-refractivity contribution in [2.45, 2.75) is 32.2 Å². The summed E-state index contributed by atoms with van der Waals surface area (Å²) in [6.45, 7) is 2.01. The Morgan fingerprint density at radius 3 is 2.65 bits per heavy atom. The smallest absolute Gasteiger partial charge is 0.313 e. The molecule has 1 atom stereocenters. The zero-order valence-corrected chi connectivity index (χ0v) is 14.5. The van der Waals surface area contributed by atoms with Crippen LogP contribution in [0.2, 0.25) is 0 Å². The Bertz CT molecular complexity index is 878. The van der Waals surface area contributed by atoms with Gasteiger partial charge >= 0.3 is 11.8 Å². The third kappa shape index (κ3) is 3.22. The van der Waals surface area contributed by atoms with E-state index in [2.05, 4.69) is 10.6 Å². The first kappa shape index (κ1) is 16.4. The van der Waals surface area contributed by atoms with Crippen molar-refractivity contribution in [3.8, 4) is 11.5 Å². The summed E-state index contributed by atoms with van der Waals surface area (Å²) in [7, 11) is 0. The van der Waals surface area contributed by atoms with Crippen molar-refractivity contribution in [2.24, 2.45) is 0 Å². The topological polar surface area (TPSA) is 76.7 Å². The minimum atomic E-state index is -0.671. The Kier molecular flexibility index (Phi) is 4.24. The molecule has 6 nitrogen and oxygen atoms in total. The van der Waals surface area contributed by atoms with Gasteiger partial charge in [0.25, 0.3) is 0 Å². The van der Waals surface area contributed by atoms with Crippen LogP contribution in [0.3, 0.4) is 0 Å². The van der Waals surface area contributed by atoms with Crippen LogP contribution in [-0.2, 0) is 22.4 Å². The lowest BCUT2D eigenvalue weighted by Crippen LogP contribution is -2.36. The van der Waals surface area contributed by atoms with Gasteiger partial charge < -0.3 is 20.1 Å². The van der Waals surface area contributed by atoms with E-state index in [-0.39, 0.29) is 12.8 Å². The fourth-order valence-electron chi connectivity index (χ4n) is 3.37. The molecule has 0 radical (unpaired) electrons. The van der Waals surface area contributed by atoms with Crippen LogP contribution in [0.5, 0.6) is 11.5 Å². The molecular weight excluding hydrogens is 332 g/mol. The number of carbonyl (C=O) groups is 2. The molecule has 134 valence electrons. The molecule has 2 aromatic carbocycles. The zero-order valence-electron chi connectivity index (χ0n) is 14.5. The van der Waals surface area contributed by atoms with E-state index in [4.69, 9.17) is 9.47 Å². The molecule has 0 saturated carbocycles. The first-order valence-corrected chi connectivity index (χ1v) is 8.73. The number of benzene rings is 2. The lowest BCUT2D eigenvalue weighted by molar-refractivity contribution is -0.136. The highest BCUT2D eigenvalue weighted by Crippen LogP contribution is 2.34. The van der Waals surface area contributed by atoms with Gasteiger partial charge in [0.15, 0.2) is 11.5 Å². The number of amides is 2. The SMILES string of the molecule is CC(NC(=O)C(=O)Nc1ccc2c(c1)CCC2)c1ccc2c(c1)OCO2. The van der Waals surface area contributed by atoms with Crippen LogP contribution < -0.4 is 20.1 Å². The molecule has 2 N–H and O–H groups in total. The summed E-state index contributed by atoms with van der Waals surface area (Å²) in [5, 5.41) is 5.39. The summed E-state index contributed by atoms with van der Waals surface area (Å²) in [5.74, 6) is -0.0148. The lowest BCUT2D eigenvalue weighted by atomic mass is 10.1. The predicted octanol–water partition coefficient (Wildman–Crippen LogP) is 2.72. The van der Waals surface area contributed by atoms with Gasteiger partial charge in [-0.1, -0.05) is 12.1 Å². The monoisotopic (exact) mass is 352 g/mol. The minimum absolute atomic E-state index is 0.197. The molecule has 0 fully saturated rings. The highest BCUT2D eigenvalue weighted by molar-refractivity contribution is 6.39. The second-order valence-electron chi connectivity index (χ2n) is 6.60. The van der Waals surface area contributed by atoms with Crippen LogP contribution in [0, 0.1) is 0 Å². The molecular formula is C20H20N2O4. The van der Waals surface area contributed by atoms with Crippen molar-refractivity contribution in [1.82, 2.24) is 5.32 Å². The number of fused-ring (bicyclic) bond motifs is 2. The third-order valence-corrected chi connectivity index (χ3v) is 4.81. The van der Waals surface area contributed by atoms with E-state index in [1.54, 1.807) is 6.07 Å². The number of carbonyl (C=O) groups excluding carboxylic acids is 2. The molecule has 0 aromatic heterocycles. The van der Waals surface area contributed by atoms with Crippen LogP contribution >= 0.6 is 0 Å². The van der Waals surface area contributed by atoms with E-state index in [0.717, 1.165) is 24.8 Å². The fraction of sp³-hybridized carbons (Fsp3) is 0.300. The molecule has 2 amide bonds. The molecule has 0 spiro atoms. The van der Waals surface area contributed by atoms with E-state index in [9.17, 15) is 9.59 Å². The van der Waals surface area contributed by atoms with Gasteiger partial charge in [-0.3, -0.25) is 9.59 Å². The van der Waals surface area contributed by atoms with Gasteiger partial charge in [-0.05, 0) is 67.1 Å². The summed E-state index contributed by atoms with van der Waals surface area (Å²) in [6.07, 6.45) is 3.24. The highest BCUT2D eigenvalue weighted by atomic mass is 16.7. The van der Waals surface area contributed by atoms with Gasteiger partial charge in [-0.15, -0.1) is 0 Å². The molecule has 26 heavy (non-hydrogen) atoms. The van der Waals surface area contributed by atoms with Gasteiger partial charge in [0.1, 0.15) is 0 Å². The standard InChI is InChI=1S/C20H20N2O4/c1-12(14-6-8-17-18(10-14)26-11-25-17)21-19(23)20(24)22-16-7-5-13-3-2-4-15(13)9-16/h5-10,12H,2-4,11H2,1H3,(H,21,23)(H,22,24). The molecule has 0 bridgehead atoms. The van der Waals surface area contributed by atoms with E-state index >= 15 is 0 Å². The average Bonchev–Trinajstić information content (AvgIpc) is 3.29. The predicted molar refractivity (Wildman–Crippen MR) is 96.2 cm³/mol. The zero-order chi connectivity index (χ0) is 18.1. The van der Waals surface area contributed by atoms with Crippen molar-refractivity contribution < 1.29 is 19.1 Å².